The number of nitrogen functional groups attached to an aromatic ring is 1. The van der Waals surface area contributed by atoms with Crippen molar-refractivity contribution in [2.24, 2.45) is 0 Å². The van der Waals surface area contributed by atoms with Crippen LogP contribution in [0, 0.1) is 0 Å². The van der Waals surface area contributed by atoms with Crippen molar-refractivity contribution in [3.05, 3.63) is 64.1 Å². The molecule has 1 aliphatic rings. The lowest BCUT2D eigenvalue weighted by atomic mass is 9.64. The van der Waals surface area contributed by atoms with Gasteiger partial charge in [0.15, 0.2) is 0 Å². The van der Waals surface area contributed by atoms with Crippen molar-refractivity contribution in [2.45, 2.75) is 37.5 Å². The molecule has 0 bridgehead atoms. The van der Waals surface area contributed by atoms with Gasteiger partial charge >= 0.3 is 0 Å². The Morgan fingerprint density at radius 3 is 2.40 bits per heavy atom. The van der Waals surface area contributed by atoms with Gasteiger partial charge < -0.3 is 11.1 Å². The van der Waals surface area contributed by atoms with Gasteiger partial charge in [-0.2, -0.15) is 0 Å². The molecule has 0 spiro atoms. The second-order valence-corrected chi connectivity index (χ2v) is 7.53. The monoisotopic (exact) mass is 422 g/mol. The second kappa shape index (κ2) is 8.72. The third-order valence-corrected chi connectivity index (χ3v) is 5.60. The van der Waals surface area contributed by atoms with Crippen molar-refractivity contribution >= 4 is 39.9 Å². The summed E-state index contributed by atoms with van der Waals surface area (Å²) in [6.07, 6.45) is 4.67. The van der Waals surface area contributed by atoms with Crippen molar-refractivity contribution in [1.82, 2.24) is 5.32 Å². The number of benzene rings is 2. The average Bonchev–Trinajstić information content (AvgIpc) is 2.54. The lowest BCUT2D eigenvalue weighted by Crippen LogP contribution is -2.45. The van der Waals surface area contributed by atoms with Gasteiger partial charge in [0.1, 0.15) is 0 Å². The molecule has 0 unspecified atom stereocenters. The van der Waals surface area contributed by atoms with Crippen molar-refractivity contribution < 1.29 is 4.79 Å². The highest BCUT2D eigenvalue weighted by atomic mass is 79.9. The summed E-state index contributed by atoms with van der Waals surface area (Å²) < 4.78 is 1.09. The average molecular weight is 424 g/mol. The lowest BCUT2D eigenvalue weighted by molar-refractivity contribution is -0.121. The second-order valence-electron chi connectivity index (χ2n) is 6.62. The van der Waals surface area contributed by atoms with E-state index >= 15 is 0 Å². The molecular formula is C20H24BrClN2O. The molecule has 1 amide bonds. The van der Waals surface area contributed by atoms with Crippen LogP contribution in [0.1, 0.15) is 36.8 Å². The zero-order valence-electron chi connectivity index (χ0n) is 14.1. The Kier molecular flexibility index (Phi) is 6.91. The fourth-order valence-electron chi connectivity index (χ4n) is 3.34. The number of hydrogen-bond donors (Lipinski definition) is 2. The molecule has 0 saturated heterocycles. The molecule has 1 aliphatic carbocycles. The first-order chi connectivity index (χ1) is 11.6. The third-order valence-electron chi connectivity index (χ3n) is 5.07. The van der Waals surface area contributed by atoms with Crippen LogP contribution in [-0.4, -0.2) is 12.5 Å². The number of amides is 1. The molecule has 1 saturated carbocycles. The summed E-state index contributed by atoms with van der Waals surface area (Å²) in [5.41, 5.74) is 9.17. The predicted octanol–water partition coefficient (Wildman–Crippen LogP) is 4.62. The number of nitrogens with two attached hydrogens (primary N) is 1. The van der Waals surface area contributed by atoms with Gasteiger partial charge in [-0.3, -0.25) is 4.79 Å². The molecule has 0 radical (unpaired) electrons. The maximum Gasteiger partial charge on any atom is 0.220 e. The van der Waals surface area contributed by atoms with E-state index in [4.69, 9.17) is 5.73 Å². The third kappa shape index (κ3) is 4.77. The van der Waals surface area contributed by atoms with E-state index in [2.05, 4.69) is 45.5 Å². The van der Waals surface area contributed by atoms with Crippen LogP contribution in [-0.2, 0) is 16.6 Å². The van der Waals surface area contributed by atoms with E-state index in [1.54, 1.807) is 0 Å². The minimum Gasteiger partial charge on any atom is -0.399 e. The molecule has 1 fully saturated rings. The Hall–Kier alpha value is -1.52. The molecular weight excluding hydrogens is 400 g/mol. The molecule has 0 aromatic heterocycles. The Labute approximate surface area is 163 Å². The van der Waals surface area contributed by atoms with Crippen LogP contribution < -0.4 is 11.1 Å². The summed E-state index contributed by atoms with van der Waals surface area (Å²) in [6.45, 7) is 0.720. The fraction of sp³-hybridized carbons (Fsp3) is 0.350. The Morgan fingerprint density at radius 2 is 1.80 bits per heavy atom. The van der Waals surface area contributed by atoms with Crippen molar-refractivity contribution in [3.63, 3.8) is 0 Å². The molecule has 2 aromatic carbocycles. The molecule has 5 heteroatoms. The molecule has 0 heterocycles. The first kappa shape index (κ1) is 19.8. The van der Waals surface area contributed by atoms with Crippen molar-refractivity contribution in [1.29, 1.82) is 0 Å². The zero-order valence-corrected chi connectivity index (χ0v) is 16.5. The molecule has 134 valence electrons. The van der Waals surface area contributed by atoms with Gasteiger partial charge in [0, 0.05) is 28.5 Å². The molecule has 3 rings (SSSR count). The van der Waals surface area contributed by atoms with E-state index in [1.165, 1.54) is 12.0 Å². The summed E-state index contributed by atoms with van der Waals surface area (Å²) in [5, 5.41) is 3.14. The van der Waals surface area contributed by atoms with E-state index in [0.29, 0.717) is 12.8 Å². The SMILES string of the molecule is Cl.Nc1ccccc1CCC(=O)NCC1(c2ccc(Br)cc2)CCC1. The smallest absolute Gasteiger partial charge is 0.220 e. The molecule has 0 aliphatic heterocycles. The number of rotatable bonds is 6. The number of carbonyl (C=O) groups is 1. The Morgan fingerprint density at radius 1 is 1.12 bits per heavy atom. The molecule has 3 nitrogen and oxygen atoms in total. The first-order valence-electron chi connectivity index (χ1n) is 8.45. The van der Waals surface area contributed by atoms with Gasteiger partial charge in [-0.15, -0.1) is 12.4 Å². The van der Waals surface area contributed by atoms with Crippen LogP contribution in [0.5, 0.6) is 0 Å². The minimum absolute atomic E-state index is 0. The van der Waals surface area contributed by atoms with Gasteiger partial charge in [0.2, 0.25) is 5.91 Å². The number of hydrogen-bond acceptors (Lipinski definition) is 2. The van der Waals surface area contributed by atoms with E-state index in [9.17, 15) is 4.79 Å². The van der Waals surface area contributed by atoms with Gasteiger partial charge in [-0.25, -0.2) is 0 Å². The van der Waals surface area contributed by atoms with E-state index in [-0.39, 0.29) is 23.7 Å². The summed E-state index contributed by atoms with van der Waals surface area (Å²) in [5.74, 6) is 0.0987. The summed E-state index contributed by atoms with van der Waals surface area (Å²) in [4.78, 5) is 12.2. The summed E-state index contributed by atoms with van der Waals surface area (Å²) >= 11 is 3.48. The Bertz CT molecular complexity index is 714. The summed E-state index contributed by atoms with van der Waals surface area (Å²) in [6, 6.07) is 16.2. The van der Waals surface area contributed by atoms with E-state index < -0.39 is 0 Å². The number of nitrogens with one attached hydrogen (secondary N) is 1. The number of aryl methyl sites for hydroxylation is 1. The van der Waals surface area contributed by atoms with Crippen LogP contribution in [0.3, 0.4) is 0 Å². The van der Waals surface area contributed by atoms with E-state index in [1.807, 2.05) is 24.3 Å². The number of halogens is 2. The number of anilines is 1. The highest BCUT2D eigenvalue weighted by Gasteiger charge is 2.38. The standard InChI is InChI=1S/C20H23BrN2O.ClH/c21-17-9-7-16(8-10-17)20(12-3-13-20)14-23-19(24)11-6-15-4-1-2-5-18(15)22;/h1-2,4-5,7-10H,3,6,11-14,22H2,(H,23,24);1H. The lowest BCUT2D eigenvalue weighted by Gasteiger charge is -2.42. The van der Waals surface area contributed by atoms with E-state index in [0.717, 1.165) is 35.1 Å². The van der Waals surface area contributed by atoms with Gasteiger partial charge in [-0.05, 0) is 48.6 Å². The van der Waals surface area contributed by atoms with Gasteiger partial charge in [0.05, 0.1) is 0 Å². The van der Waals surface area contributed by atoms with Crippen molar-refractivity contribution in [2.75, 3.05) is 12.3 Å². The van der Waals surface area contributed by atoms with Crippen LogP contribution in [0.15, 0.2) is 53.0 Å². The normalized spacial score (nSPS) is 14.9. The molecule has 2 aromatic rings. The minimum atomic E-state index is 0. The highest BCUT2D eigenvalue weighted by molar-refractivity contribution is 9.10. The predicted molar refractivity (Wildman–Crippen MR) is 109 cm³/mol. The molecule has 25 heavy (non-hydrogen) atoms. The number of para-hydroxylation sites is 1. The molecule has 0 atom stereocenters. The molecule has 3 N–H and O–H groups in total. The van der Waals surface area contributed by atoms with Crippen LogP contribution in [0.2, 0.25) is 0 Å². The summed E-state index contributed by atoms with van der Waals surface area (Å²) in [7, 11) is 0. The zero-order chi connectivity index (χ0) is 17.0. The van der Waals surface area contributed by atoms with Crippen LogP contribution in [0.25, 0.3) is 0 Å². The maximum atomic E-state index is 12.2. The van der Waals surface area contributed by atoms with Crippen molar-refractivity contribution in [3.8, 4) is 0 Å². The fourth-order valence-corrected chi connectivity index (χ4v) is 3.61. The van der Waals surface area contributed by atoms with Crippen LogP contribution in [0.4, 0.5) is 5.69 Å². The van der Waals surface area contributed by atoms with Gasteiger partial charge in [-0.1, -0.05) is 52.7 Å². The first-order valence-corrected chi connectivity index (χ1v) is 9.24. The van der Waals surface area contributed by atoms with Gasteiger partial charge in [0.25, 0.3) is 0 Å². The quantitative estimate of drug-likeness (QED) is 0.666. The Balaban J connectivity index is 0.00000225. The number of carbonyl (C=O) groups excluding carboxylic acids is 1. The largest absolute Gasteiger partial charge is 0.399 e. The van der Waals surface area contributed by atoms with Crippen LogP contribution >= 0.6 is 28.3 Å². The topological polar surface area (TPSA) is 55.1 Å². The highest BCUT2D eigenvalue weighted by Crippen LogP contribution is 2.43. The maximum absolute atomic E-state index is 12.2.